The van der Waals surface area contributed by atoms with Crippen LogP contribution in [0.2, 0.25) is 0 Å². The smallest absolute Gasteiger partial charge is 0.387 e. The van der Waals surface area contributed by atoms with Crippen molar-refractivity contribution >= 4 is 5.91 Å². The molecule has 1 rings (SSSR count). The second-order valence-electron chi connectivity index (χ2n) is 3.68. The Morgan fingerprint density at radius 1 is 1.37 bits per heavy atom. The van der Waals surface area contributed by atoms with Crippen LogP contribution in [0.5, 0.6) is 5.75 Å². The summed E-state index contributed by atoms with van der Waals surface area (Å²) in [5.41, 5.74) is 5.52. The minimum absolute atomic E-state index is 0.132. The van der Waals surface area contributed by atoms with Crippen LogP contribution in [0.15, 0.2) is 24.3 Å². The quantitative estimate of drug-likeness (QED) is 0.656. The SMILES string of the molecule is NC(=O)COCCNCc1ccccc1OC(F)F. The monoisotopic (exact) mass is 274 g/mol. The zero-order chi connectivity index (χ0) is 14.1. The summed E-state index contributed by atoms with van der Waals surface area (Å²) < 4.78 is 33.6. The largest absolute Gasteiger partial charge is 0.434 e. The molecule has 3 N–H and O–H groups in total. The van der Waals surface area contributed by atoms with Gasteiger partial charge in [-0.1, -0.05) is 18.2 Å². The summed E-state index contributed by atoms with van der Waals surface area (Å²) in [6.45, 7) is -1.84. The summed E-state index contributed by atoms with van der Waals surface area (Å²) >= 11 is 0. The van der Waals surface area contributed by atoms with Crippen molar-refractivity contribution in [3.63, 3.8) is 0 Å². The second kappa shape index (κ2) is 8.39. The van der Waals surface area contributed by atoms with Gasteiger partial charge in [0.25, 0.3) is 0 Å². The van der Waals surface area contributed by atoms with Gasteiger partial charge < -0.3 is 20.5 Å². The summed E-state index contributed by atoms with van der Waals surface area (Å²) in [7, 11) is 0. The number of carbonyl (C=O) groups excluding carboxylic acids is 1. The number of ether oxygens (including phenoxy) is 2. The van der Waals surface area contributed by atoms with Gasteiger partial charge in [0.05, 0.1) is 6.61 Å². The van der Waals surface area contributed by atoms with Crippen LogP contribution >= 0.6 is 0 Å². The molecule has 0 fully saturated rings. The predicted molar refractivity (Wildman–Crippen MR) is 64.8 cm³/mol. The Bertz CT molecular complexity index is 402. The molecule has 5 nitrogen and oxygen atoms in total. The van der Waals surface area contributed by atoms with Gasteiger partial charge in [0, 0.05) is 18.7 Å². The molecule has 0 aliphatic heterocycles. The summed E-state index contributed by atoms with van der Waals surface area (Å²) in [6, 6.07) is 6.53. The molecule has 0 unspecified atom stereocenters. The second-order valence-corrected chi connectivity index (χ2v) is 3.68. The number of benzene rings is 1. The molecule has 0 aliphatic carbocycles. The van der Waals surface area contributed by atoms with Crippen molar-refractivity contribution < 1.29 is 23.0 Å². The van der Waals surface area contributed by atoms with Gasteiger partial charge in [-0.15, -0.1) is 0 Å². The van der Waals surface area contributed by atoms with Crippen LogP contribution < -0.4 is 15.8 Å². The lowest BCUT2D eigenvalue weighted by molar-refractivity contribution is -0.122. The molecule has 1 aromatic rings. The third-order valence-electron chi connectivity index (χ3n) is 2.17. The van der Waals surface area contributed by atoms with Gasteiger partial charge >= 0.3 is 6.61 Å². The summed E-state index contributed by atoms with van der Waals surface area (Å²) in [5, 5.41) is 2.99. The highest BCUT2D eigenvalue weighted by molar-refractivity contribution is 5.74. The van der Waals surface area contributed by atoms with E-state index in [2.05, 4.69) is 10.1 Å². The molecule has 0 saturated carbocycles. The number of nitrogens with two attached hydrogens (primary N) is 1. The lowest BCUT2D eigenvalue weighted by atomic mass is 10.2. The van der Waals surface area contributed by atoms with E-state index in [1.54, 1.807) is 18.2 Å². The lowest BCUT2D eigenvalue weighted by Gasteiger charge is -2.11. The summed E-state index contributed by atoms with van der Waals surface area (Å²) in [6.07, 6.45) is 0. The summed E-state index contributed by atoms with van der Waals surface area (Å²) in [4.78, 5) is 10.4. The number of hydrogen-bond donors (Lipinski definition) is 2. The number of hydrogen-bond acceptors (Lipinski definition) is 4. The fraction of sp³-hybridized carbons (Fsp3) is 0.417. The van der Waals surface area contributed by atoms with Crippen LogP contribution in [0.3, 0.4) is 0 Å². The van der Waals surface area contributed by atoms with Gasteiger partial charge in [-0.05, 0) is 6.07 Å². The van der Waals surface area contributed by atoms with E-state index in [1.807, 2.05) is 0 Å². The number of halogens is 2. The first-order chi connectivity index (χ1) is 9.09. The van der Waals surface area contributed by atoms with Gasteiger partial charge in [0.15, 0.2) is 0 Å². The molecule has 1 aromatic carbocycles. The van der Waals surface area contributed by atoms with E-state index >= 15 is 0 Å². The molecule has 0 saturated heterocycles. The third-order valence-corrected chi connectivity index (χ3v) is 2.17. The average Bonchev–Trinajstić information content (AvgIpc) is 2.34. The van der Waals surface area contributed by atoms with E-state index in [0.29, 0.717) is 25.3 Å². The van der Waals surface area contributed by atoms with Crippen molar-refractivity contribution in [1.82, 2.24) is 5.32 Å². The Morgan fingerprint density at radius 3 is 2.79 bits per heavy atom. The van der Waals surface area contributed by atoms with E-state index in [4.69, 9.17) is 10.5 Å². The molecule has 0 aromatic heterocycles. The lowest BCUT2D eigenvalue weighted by Crippen LogP contribution is -2.24. The third kappa shape index (κ3) is 6.68. The highest BCUT2D eigenvalue weighted by Crippen LogP contribution is 2.19. The van der Waals surface area contributed by atoms with Crippen LogP contribution in [0.4, 0.5) is 8.78 Å². The van der Waals surface area contributed by atoms with Crippen LogP contribution in [-0.4, -0.2) is 32.3 Å². The highest BCUT2D eigenvalue weighted by atomic mass is 19.3. The molecule has 19 heavy (non-hydrogen) atoms. The molecule has 0 aliphatic rings. The van der Waals surface area contributed by atoms with Gasteiger partial charge in [0.2, 0.25) is 5.91 Å². The van der Waals surface area contributed by atoms with Crippen molar-refractivity contribution in [1.29, 1.82) is 0 Å². The predicted octanol–water partition coefficient (Wildman–Crippen LogP) is 0.879. The molecule has 0 spiro atoms. The van der Waals surface area contributed by atoms with Gasteiger partial charge in [-0.3, -0.25) is 4.79 Å². The van der Waals surface area contributed by atoms with Crippen molar-refractivity contribution in [2.24, 2.45) is 5.73 Å². The number of amides is 1. The fourth-order valence-electron chi connectivity index (χ4n) is 1.40. The maximum Gasteiger partial charge on any atom is 0.387 e. The number of para-hydroxylation sites is 1. The summed E-state index contributed by atoms with van der Waals surface area (Å²) in [5.74, 6) is -0.390. The molecule has 1 amide bonds. The molecule has 0 bridgehead atoms. The molecule has 0 heterocycles. The highest BCUT2D eigenvalue weighted by Gasteiger charge is 2.08. The van der Waals surface area contributed by atoms with Crippen LogP contribution in [0, 0.1) is 0 Å². The average molecular weight is 274 g/mol. The zero-order valence-corrected chi connectivity index (χ0v) is 10.3. The van der Waals surface area contributed by atoms with Crippen molar-refractivity contribution in [2.45, 2.75) is 13.2 Å². The number of rotatable bonds is 9. The first kappa shape index (κ1) is 15.3. The molecule has 106 valence electrons. The molecule has 7 heteroatoms. The Labute approximate surface area is 109 Å². The van der Waals surface area contributed by atoms with Crippen molar-refractivity contribution in [3.05, 3.63) is 29.8 Å². The maximum atomic E-state index is 12.2. The molecule has 0 atom stereocenters. The van der Waals surface area contributed by atoms with Gasteiger partial charge in [0.1, 0.15) is 12.4 Å². The maximum absolute atomic E-state index is 12.2. The number of primary amides is 1. The number of carbonyl (C=O) groups is 1. The van der Waals surface area contributed by atoms with E-state index in [-0.39, 0.29) is 12.4 Å². The van der Waals surface area contributed by atoms with E-state index in [9.17, 15) is 13.6 Å². The first-order valence-corrected chi connectivity index (χ1v) is 5.69. The van der Waals surface area contributed by atoms with Crippen molar-refractivity contribution in [3.8, 4) is 5.75 Å². The molecular formula is C12H16F2N2O3. The normalized spacial score (nSPS) is 10.7. The van der Waals surface area contributed by atoms with Crippen molar-refractivity contribution in [2.75, 3.05) is 19.8 Å². The van der Waals surface area contributed by atoms with Crippen LogP contribution in [0.1, 0.15) is 5.56 Å². The zero-order valence-electron chi connectivity index (χ0n) is 10.3. The Kier molecular flexibility index (Phi) is 6.76. The van der Waals surface area contributed by atoms with Crippen LogP contribution in [-0.2, 0) is 16.1 Å². The van der Waals surface area contributed by atoms with Gasteiger partial charge in [-0.25, -0.2) is 0 Å². The number of alkyl halides is 2. The molecular weight excluding hydrogens is 258 g/mol. The Morgan fingerprint density at radius 2 is 2.11 bits per heavy atom. The molecule has 0 radical (unpaired) electrons. The Hall–Kier alpha value is -1.73. The van der Waals surface area contributed by atoms with E-state index in [0.717, 1.165) is 0 Å². The topological polar surface area (TPSA) is 73.6 Å². The minimum Gasteiger partial charge on any atom is -0.434 e. The standard InChI is InChI=1S/C12H16F2N2O3/c13-12(14)19-10-4-2-1-3-9(10)7-16-5-6-18-8-11(15)17/h1-4,12,16H,5-8H2,(H2,15,17). The van der Waals surface area contributed by atoms with E-state index < -0.39 is 12.5 Å². The van der Waals surface area contributed by atoms with Crippen LogP contribution in [0.25, 0.3) is 0 Å². The first-order valence-electron chi connectivity index (χ1n) is 5.69. The van der Waals surface area contributed by atoms with E-state index in [1.165, 1.54) is 6.07 Å². The number of nitrogens with one attached hydrogen (secondary N) is 1. The van der Waals surface area contributed by atoms with Gasteiger partial charge in [-0.2, -0.15) is 8.78 Å². The minimum atomic E-state index is -2.85. The Balaban J connectivity index is 2.30. The fourth-order valence-corrected chi connectivity index (χ4v) is 1.40.